The van der Waals surface area contributed by atoms with E-state index in [0.29, 0.717) is 18.1 Å². The van der Waals surface area contributed by atoms with Crippen molar-refractivity contribution in [2.45, 2.75) is 6.61 Å². The van der Waals surface area contributed by atoms with Gasteiger partial charge in [0.2, 0.25) is 0 Å². The third kappa shape index (κ3) is 4.45. The van der Waals surface area contributed by atoms with Crippen LogP contribution in [0.2, 0.25) is 0 Å². The molecule has 0 atom stereocenters. The van der Waals surface area contributed by atoms with Crippen molar-refractivity contribution >= 4 is 5.69 Å². The summed E-state index contributed by atoms with van der Waals surface area (Å²) in [5.74, 6) is 1.16. The van der Waals surface area contributed by atoms with E-state index < -0.39 is 11.6 Å². The highest BCUT2D eigenvalue weighted by atomic mass is 19.1. The summed E-state index contributed by atoms with van der Waals surface area (Å²) in [5, 5.41) is 10.5. The molecule has 0 amide bonds. The zero-order valence-electron chi connectivity index (χ0n) is 11.2. The molecule has 0 aliphatic rings. The van der Waals surface area contributed by atoms with E-state index >= 15 is 0 Å². The molecule has 0 bridgehead atoms. The first kappa shape index (κ1) is 14.8. The zero-order chi connectivity index (χ0) is 15.1. The second-order valence-electron chi connectivity index (χ2n) is 4.22. The maximum Gasteiger partial charge on any atom is 0.269 e. The number of non-ortho nitro benzene ring substituents is 1. The van der Waals surface area contributed by atoms with Crippen molar-refractivity contribution < 1.29 is 18.8 Å². The van der Waals surface area contributed by atoms with Crippen LogP contribution < -0.4 is 9.47 Å². The highest BCUT2D eigenvalue weighted by Gasteiger charge is 2.04. The van der Waals surface area contributed by atoms with Crippen molar-refractivity contribution in [3.05, 3.63) is 64.2 Å². The minimum atomic E-state index is -0.523. The second-order valence-corrected chi connectivity index (χ2v) is 4.22. The Balaban J connectivity index is 1.88. The molecule has 0 N–H and O–H groups in total. The van der Waals surface area contributed by atoms with E-state index in [1.165, 1.54) is 12.1 Å². The molecule has 0 aromatic heterocycles. The van der Waals surface area contributed by atoms with E-state index in [1.54, 1.807) is 24.3 Å². The summed E-state index contributed by atoms with van der Waals surface area (Å²) in [7, 11) is 0. The molecule has 0 fully saturated rings. The van der Waals surface area contributed by atoms with Gasteiger partial charge in [-0.05, 0) is 29.8 Å². The van der Waals surface area contributed by atoms with Gasteiger partial charge in [-0.25, -0.2) is 4.39 Å². The first-order valence-electron chi connectivity index (χ1n) is 6.34. The fourth-order valence-corrected chi connectivity index (χ4v) is 1.67. The van der Waals surface area contributed by atoms with Crippen molar-refractivity contribution in [1.29, 1.82) is 0 Å². The van der Waals surface area contributed by atoms with Crippen LogP contribution in [0.5, 0.6) is 11.5 Å². The first-order valence-corrected chi connectivity index (χ1v) is 6.34. The molecule has 2 aromatic carbocycles. The van der Waals surface area contributed by atoms with E-state index in [-0.39, 0.29) is 12.3 Å². The molecule has 5 nitrogen and oxygen atoms in total. The molecule has 0 heterocycles. The molecule has 0 saturated heterocycles. The topological polar surface area (TPSA) is 61.6 Å². The molecular formula is C15H14FNO4. The van der Waals surface area contributed by atoms with Crippen molar-refractivity contribution in [2.75, 3.05) is 13.3 Å². The predicted octanol–water partition coefficient (Wildman–Crippen LogP) is 3.52. The van der Waals surface area contributed by atoms with E-state index in [4.69, 9.17) is 9.47 Å². The molecule has 21 heavy (non-hydrogen) atoms. The van der Waals surface area contributed by atoms with E-state index in [1.807, 2.05) is 12.1 Å². The Morgan fingerprint density at radius 2 is 1.52 bits per heavy atom. The van der Waals surface area contributed by atoms with Crippen LogP contribution in [0.25, 0.3) is 0 Å². The Morgan fingerprint density at radius 1 is 0.952 bits per heavy atom. The highest BCUT2D eigenvalue weighted by Crippen LogP contribution is 2.19. The lowest BCUT2D eigenvalue weighted by Gasteiger charge is -2.07. The Kier molecular flexibility index (Phi) is 5.09. The average Bonchev–Trinajstić information content (AvgIpc) is 2.52. The number of nitro benzene ring substituents is 1. The summed E-state index contributed by atoms with van der Waals surface area (Å²) in [6.45, 7) is -0.148. The smallest absolute Gasteiger partial charge is 0.269 e. The maximum absolute atomic E-state index is 12.0. The monoisotopic (exact) mass is 291 g/mol. The molecule has 0 saturated carbocycles. The largest absolute Gasteiger partial charge is 0.491 e. The lowest BCUT2D eigenvalue weighted by molar-refractivity contribution is -0.384. The van der Waals surface area contributed by atoms with E-state index in [2.05, 4.69) is 0 Å². The van der Waals surface area contributed by atoms with Gasteiger partial charge in [0.1, 0.15) is 31.4 Å². The lowest BCUT2D eigenvalue weighted by atomic mass is 10.2. The molecule has 2 rings (SSSR count). The quantitative estimate of drug-likeness (QED) is 0.578. The van der Waals surface area contributed by atoms with Crippen molar-refractivity contribution in [3.8, 4) is 11.5 Å². The minimum absolute atomic E-state index is 0.0247. The molecule has 6 heteroatoms. The molecule has 110 valence electrons. The van der Waals surface area contributed by atoms with Crippen molar-refractivity contribution in [3.63, 3.8) is 0 Å². The summed E-state index contributed by atoms with van der Waals surface area (Å²) in [5.41, 5.74) is 0.942. The summed E-state index contributed by atoms with van der Waals surface area (Å²) >= 11 is 0. The molecule has 0 aliphatic carbocycles. The standard InChI is InChI=1S/C15H14FNO4/c16-9-10-20-14-5-1-12(2-6-14)11-21-15-7-3-13(4-8-15)17(18)19/h1-8H,9-11H2. The highest BCUT2D eigenvalue weighted by molar-refractivity contribution is 5.36. The number of rotatable bonds is 7. The third-order valence-corrected chi connectivity index (χ3v) is 2.72. The Hall–Kier alpha value is -2.63. The lowest BCUT2D eigenvalue weighted by Crippen LogP contribution is -1.99. The average molecular weight is 291 g/mol. The van der Waals surface area contributed by atoms with Gasteiger partial charge in [0.05, 0.1) is 4.92 Å². The Labute approximate surface area is 121 Å². The van der Waals surface area contributed by atoms with Gasteiger partial charge in [-0.2, -0.15) is 0 Å². The van der Waals surface area contributed by atoms with Gasteiger partial charge in [-0.3, -0.25) is 10.1 Å². The first-order chi connectivity index (χ1) is 10.2. The third-order valence-electron chi connectivity index (χ3n) is 2.72. The van der Waals surface area contributed by atoms with Crippen LogP contribution >= 0.6 is 0 Å². The number of nitrogens with zero attached hydrogens (tertiary/aromatic N) is 1. The number of halogens is 1. The van der Waals surface area contributed by atoms with Crippen LogP contribution in [0.3, 0.4) is 0 Å². The normalized spacial score (nSPS) is 10.1. The summed E-state index contributed by atoms with van der Waals surface area (Å²) in [6.07, 6.45) is 0. The molecule has 0 aliphatic heterocycles. The molecular weight excluding hydrogens is 277 g/mol. The van der Waals surface area contributed by atoms with Crippen LogP contribution in [0.1, 0.15) is 5.56 Å². The summed E-state index contributed by atoms with van der Waals surface area (Å²) < 4.78 is 22.6. The number of ether oxygens (including phenoxy) is 2. The number of benzene rings is 2. The molecule has 0 radical (unpaired) electrons. The van der Waals surface area contributed by atoms with Gasteiger partial charge in [-0.15, -0.1) is 0 Å². The number of nitro groups is 1. The molecule has 2 aromatic rings. The molecule has 0 unspecified atom stereocenters. The van der Waals surface area contributed by atoms with Gasteiger partial charge in [0.25, 0.3) is 5.69 Å². The number of hydrogen-bond acceptors (Lipinski definition) is 4. The summed E-state index contributed by atoms with van der Waals surface area (Å²) in [6, 6.07) is 13.0. The van der Waals surface area contributed by atoms with Crippen molar-refractivity contribution in [2.24, 2.45) is 0 Å². The van der Waals surface area contributed by atoms with Gasteiger partial charge < -0.3 is 9.47 Å². The predicted molar refractivity (Wildman–Crippen MR) is 75.3 cm³/mol. The van der Waals surface area contributed by atoms with E-state index in [9.17, 15) is 14.5 Å². The van der Waals surface area contributed by atoms with Gasteiger partial charge in [0.15, 0.2) is 0 Å². The maximum atomic E-state index is 12.0. The SMILES string of the molecule is O=[N+]([O-])c1ccc(OCc2ccc(OCCF)cc2)cc1. The summed E-state index contributed by atoms with van der Waals surface area (Å²) in [4.78, 5) is 10.1. The van der Waals surface area contributed by atoms with Crippen LogP contribution in [0.4, 0.5) is 10.1 Å². The van der Waals surface area contributed by atoms with Crippen LogP contribution in [0, 0.1) is 10.1 Å². The number of hydrogen-bond donors (Lipinski definition) is 0. The van der Waals surface area contributed by atoms with Gasteiger partial charge in [-0.1, -0.05) is 12.1 Å². The van der Waals surface area contributed by atoms with E-state index in [0.717, 1.165) is 5.56 Å². The Morgan fingerprint density at radius 3 is 2.10 bits per heavy atom. The van der Waals surface area contributed by atoms with Crippen molar-refractivity contribution in [1.82, 2.24) is 0 Å². The van der Waals surface area contributed by atoms with Crippen LogP contribution in [0.15, 0.2) is 48.5 Å². The zero-order valence-corrected chi connectivity index (χ0v) is 11.2. The van der Waals surface area contributed by atoms with Gasteiger partial charge >= 0.3 is 0 Å². The van der Waals surface area contributed by atoms with Gasteiger partial charge in [0, 0.05) is 12.1 Å². The minimum Gasteiger partial charge on any atom is -0.491 e. The second kappa shape index (κ2) is 7.23. The van der Waals surface area contributed by atoms with Crippen LogP contribution in [-0.4, -0.2) is 18.2 Å². The fraction of sp³-hybridized carbons (Fsp3) is 0.200. The molecule has 0 spiro atoms. The Bertz CT molecular complexity index is 584. The number of alkyl halides is 1. The van der Waals surface area contributed by atoms with Crippen LogP contribution in [-0.2, 0) is 6.61 Å². The fourth-order valence-electron chi connectivity index (χ4n) is 1.67.